The Bertz CT molecular complexity index is 584. The van der Waals surface area contributed by atoms with Crippen molar-refractivity contribution in [2.45, 2.75) is 49.6 Å². The molecule has 1 aliphatic carbocycles. The van der Waals surface area contributed by atoms with Gasteiger partial charge >= 0.3 is 0 Å². The second-order valence-electron chi connectivity index (χ2n) is 4.95. The van der Waals surface area contributed by atoms with Crippen LogP contribution in [0, 0.1) is 0 Å². The number of aliphatic hydroxyl groups is 1. The van der Waals surface area contributed by atoms with Gasteiger partial charge in [-0.05, 0) is 25.0 Å². The van der Waals surface area contributed by atoms with Crippen LogP contribution in [0.1, 0.15) is 37.7 Å². The Hall–Kier alpha value is -0.330. The van der Waals surface area contributed by atoms with E-state index in [9.17, 15) is 13.5 Å². The van der Waals surface area contributed by atoms with Crippen LogP contribution in [0.15, 0.2) is 17.0 Å². The first-order valence-electron chi connectivity index (χ1n) is 6.56. The van der Waals surface area contributed by atoms with Crippen molar-refractivity contribution in [3.63, 3.8) is 0 Å². The van der Waals surface area contributed by atoms with E-state index in [1.807, 2.05) is 0 Å². The Kier molecular flexibility index (Phi) is 5.31. The summed E-state index contributed by atoms with van der Waals surface area (Å²) >= 11 is 11.9. The second-order valence-corrected chi connectivity index (χ2v) is 7.42. The smallest absolute Gasteiger partial charge is 0.242 e. The first kappa shape index (κ1) is 16.0. The summed E-state index contributed by atoms with van der Waals surface area (Å²) < 4.78 is 27.4. The molecule has 1 saturated carbocycles. The van der Waals surface area contributed by atoms with Crippen LogP contribution in [0.3, 0.4) is 0 Å². The third-order valence-electron chi connectivity index (χ3n) is 3.53. The number of benzene rings is 1. The van der Waals surface area contributed by atoms with E-state index in [1.165, 1.54) is 12.1 Å². The summed E-state index contributed by atoms with van der Waals surface area (Å²) in [5.41, 5.74) is 0.236. The van der Waals surface area contributed by atoms with Gasteiger partial charge in [0.15, 0.2) is 0 Å². The van der Waals surface area contributed by atoms with Crippen LogP contribution in [0.4, 0.5) is 0 Å². The molecule has 0 atom stereocenters. The van der Waals surface area contributed by atoms with E-state index >= 15 is 0 Å². The molecule has 2 rings (SSSR count). The van der Waals surface area contributed by atoms with Gasteiger partial charge in [-0.15, -0.1) is 0 Å². The van der Waals surface area contributed by atoms with Gasteiger partial charge in [-0.25, -0.2) is 13.1 Å². The number of aliphatic hydroxyl groups excluding tert-OH is 1. The zero-order chi connectivity index (χ0) is 14.8. The first-order chi connectivity index (χ1) is 9.45. The monoisotopic (exact) mass is 337 g/mol. The van der Waals surface area contributed by atoms with Gasteiger partial charge in [0.25, 0.3) is 0 Å². The Balaban J connectivity index is 2.29. The molecule has 20 heavy (non-hydrogen) atoms. The quantitative estimate of drug-likeness (QED) is 0.887. The fourth-order valence-electron chi connectivity index (χ4n) is 2.43. The van der Waals surface area contributed by atoms with Gasteiger partial charge in [0.1, 0.15) is 4.90 Å². The van der Waals surface area contributed by atoms with E-state index in [1.54, 1.807) is 0 Å². The average Bonchev–Trinajstić information content (AvgIpc) is 2.39. The highest BCUT2D eigenvalue weighted by atomic mass is 35.5. The zero-order valence-corrected chi connectivity index (χ0v) is 13.2. The van der Waals surface area contributed by atoms with Gasteiger partial charge < -0.3 is 5.11 Å². The lowest BCUT2D eigenvalue weighted by molar-refractivity contribution is 0.281. The molecule has 0 aliphatic heterocycles. The Morgan fingerprint density at radius 3 is 2.45 bits per heavy atom. The second kappa shape index (κ2) is 6.62. The Morgan fingerprint density at radius 2 is 1.85 bits per heavy atom. The molecule has 1 aromatic rings. The fourth-order valence-corrected chi connectivity index (χ4v) is 4.63. The predicted molar refractivity (Wildman–Crippen MR) is 79.6 cm³/mol. The Labute approximate surface area is 129 Å². The van der Waals surface area contributed by atoms with Gasteiger partial charge in [-0.3, -0.25) is 0 Å². The van der Waals surface area contributed by atoms with Crippen molar-refractivity contribution in [1.82, 2.24) is 4.72 Å². The number of rotatable bonds is 4. The summed E-state index contributed by atoms with van der Waals surface area (Å²) in [6.07, 6.45) is 4.90. The van der Waals surface area contributed by atoms with Gasteiger partial charge in [-0.1, -0.05) is 42.5 Å². The molecule has 1 aromatic carbocycles. The van der Waals surface area contributed by atoms with Crippen molar-refractivity contribution in [3.05, 3.63) is 27.7 Å². The van der Waals surface area contributed by atoms with Crippen LogP contribution in [0.5, 0.6) is 0 Å². The summed E-state index contributed by atoms with van der Waals surface area (Å²) in [5, 5.41) is 9.47. The minimum Gasteiger partial charge on any atom is -0.392 e. The first-order valence-corrected chi connectivity index (χ1v) is 8.79. The normalized spacial score (nSPS) is 17.4. The SMILES string of the molecule is O=S(=O)(NC1CCCCC1)c1ccc(Cl)c(CO)c1Cl. The molecule has 112 valence electrons. The molecule has 0 aromatic heterocycles. The molecule has 7 heteroatoms. The molecule has 0 bridgehead atoms. The fraction of sp³-hybridized carbons (Fsp3) is 0.538. The molecule has 0 unspecified atom stereocenters. The van der Waals surface area contributed by atoms with Crippen LogP contribution in [-0.4, -0.2) is 19.6 Å². The molecule has 1 fully saturated rings. The summed E-state index contributed by atoms with van der Waals surface area (Å²) in [4.78, 5) is -0.0295. The molecule has 0 amide bonds. The predicted octanol–water partition coefficient (Wildman–Crippen LogP) is 3.10. The highest BCUT2D eigenvalue weighted by Crippen LogP contribution is 2.31. The molecular formula is C13H17Cl2NO3S. The molecule has 1 aliphatic rings. The van der Waals surface area contributed by atoms with E-state index in [0.29, 0.717) is 0 Å². The van der Waals surface area contributed by atoms with Crippen LogP contribution < -0.4 is 4.72 Å². The van der Waals surface area contributed by atoms with Crippen molar-refractivity contribution in [1.29, 1.82) is 0 Å². The lowest BCUT2D eigenvalue weighted by atomic mass is 9.96. The minimum atomic E-state index is -3.69. The van der Waals surface area contributed by atoms with Crippen molar-refractivity contribution < 1.29 is 13.5 Å². The van der Waals surface area contributed by atoms with Gasteiger partial charge in [0, 0.05) is 16.6 Å². The van der Waals surface area contributed by atoms with Crippen molar-refractivity contribution in [2.24, 2.45) is 0 Å². The van der Waals surface area contributed by atoms with Gasteiger partial charge in [-0.2, -0.15) is 0 Å². The van der Waals surface area contributed by atoms with E-state index < -0.39 is 16.6 Å². The number of nitrogens with one attached hydrogen (secondary N) is 1. The van der Waals surface area contributed by atoms with Crippen molar-refractivity contribution in [3.8, 4) is 0 Å². The van der Waals surface area contributed by atoms with E-state index in [0.717, 1.165) is 32.1 Å². The van der Waals surface area contributed by atoms with Crippen LogP contribution in [0.25, 0.3) is 0 Å². The van der Waals surface area contributed by atoms with Crippen LogP contribution >= 0.6 is 23.2 Å². The third-order valence-corrected chi connectivity index (χ3v) is 5.99. The lowest BCUT2D eigenvalue weighted by Crippen LogP contribution is -2.36. The molecule has 4 nitrogen and oxygen atoms in total. The van der Waals surface area contributed by atoms with Crippen LogP contribution in [-0.2, 0) is 16.6 Å². The third kappa shape index (κ3) is 3.46. The topological polar surface area (TPSA) is 66.4 Å². The number of hydrogen-bond donors (Lipinski definition) is 2. The van der Waals surface area contributed by atoms with Crippen molar-refractivity contribution in [2.75, 3.05) is 0 Å². The summed E-state index contributed by atoms with van der Waals surface area (Å²) in [6, 6.07) is 2.77. The highest BCUT2D eigenvalue weighted by Gasteiger charge is 2.25. The molecule has 2 N–H and O–H groups in total. The summed E-state index contributed by atoms with van der Waals surface area (Å²) in [5.74, 6) is 0. The van der Waals surface area contributed by atoms with E-state index in [-0.39, 0.29) is 26.5 Å². The maximum atomic E-state index is 12.4. The number of sulfonamides is 1. The van der Waals surface area contributed by atoms with Gasteiger partial charge in [0.2, 0.25) is 10.0 Å². The Morgan fingerprint density at radius 1 is 1.20 bits per heavy atom. The van der Waals surface area contributed by atoms with E-state index in [4.69, 9.17) is 23.2 Å². The molecule has 0 heterocycles. The molecule has 0 spiro atoms. The zero-order valence-electron chi connectivity index (χ0n) is 10.9. The van der Waals surface area contributed by atoms with Crippen LogP contribution in [0.2, 0.25) is 10.0 Å². The summed E-state index contributed by atoms with van der Waals surface area (Å²) in [7, 11) is -3.69. The molecule has 0 saturated heterocycles. The standard InChI is InChI=1S/C13H17Cl2NO3S/c14-11-6-7-12(13(15)10(11)8-17)20(18,19)16-9-4-2-1-3-5-9/h6-7,9,16-17H,1-5,8H2. The maximum Gasteiger partial charge on any atom is 0.242 e. The number of halogens is 2. The lowest BCUT2D eigenvalue weighted by Gasteiger charge is -2.23. The maximum absolute atomic E-state index is 12.4. The average molecular weight is 338 g/mol. The summed E-state index contributed by atoms with van der Waals surface area (Å²) in [6.45, 7) is -0.398. The molecular weight excluding hydrogens is 321 g/mol. The van der Waals surface area contributed by atoms with Crippen molar-refractivity contribution >= 4 is 33.2 Å². The van der Waals surface area contributed by atoms with Gasteiger partial charge in [0.05, 0.1) is 11.6 Å². The largest absolute Gasteiger partial charge is 0.392 e. The van der Waals surface area contributed by atoms with E-state index in [2.05, 4.69) is 4.72 Å². The number of hydrogen-bond acceptors (Lipinski definition) is 3. The molecule has 0 radical (unpaired) electrons. The highest BCUT2D eigenvalue weighted by molar-refractivity contribution is 7.89. The minimum absolute atomic E-state index is 0.0108.